The maximum Gasteiger partial charge on any atom is 0.178 e. The van der Waals surface area contributed by atoms with E-state index in [4.69, 9.17) is 0 Å². The first-order chi connectivity index (χ1) is 7.23. The third-order valence-electron chi connectivity index (χ3n) is 2.84. The van der Waals surface area contributed by atoms with Gasteiger partial charge in [0.25, 0.3) is 0 Å². The summed E-state index contributed by atoms with van der Waals surface area (Å²) in [6.07, 6.45) is 0. The SMILES string of the molecule is C[Si](C)(C)[Si](O)[Si](C)(C)Cc1ccccc1. The maximum absolute atomic E-state index is 10.6. The first-order valence-corrected chi connectivity index (χ1v) is 16.0. The van der Waals surface area contributed by atoms with E-state index in [1.807, 2.05) is 0 Å². The molecular formula is C12H23OSi3. The number of hydrogen-bond acceptors (Lipinski definition) is 1. The van der Waals surface area contributed by atoms with Gasteiger partial charge in [-0.25, -0.2) is 0 Å². The highest BCUT2D eigenvalue weighted by molar-refractivity contribution is 7.57. The van der Waals surface area contributed by atoms with Crippen molar-refractivity contribution in [2.45, 2.75) is 38.8 Å². The maximum atomic E-state index is 10.6. The molecule has 0 heterocycles. The van der Waals surface area contributed by atoms with E-state index in [0.29, 0.717) is 0 Å². The molecule has 0 aliphatic carbocycles. The zero-order valence-electron chi connectivity index (χ0n) is 11.0. The lowest BCUT2D eigenvalue weighted by molar-refractivity contribution is 0.606. The second-order valence-corrected chi connectivity index (χ2v) is 28.4. The normalized spacial score (nSPS) is 13.2. The molecule has 0 bridgehead atoms. The van der Waals surface area contributed by atoms with Crippen molar-refractivity contribution in [3.8, 4) is 0 Å². The van der Waals surface area contributed by atoms with Gasteiger partial charge in [0.15, 0.2) is 8.08 Å². The van der Waals surface area contributed by atoms with Crippen molar-refractivity contribution in [2.24, 2.45) is 0 Å². The van der Waals surface area contributed by atoms with Gasteiger partial charge < -0.3 is 4.80 Å². The molecule has 4 heteroatoms. The van der Waals surface area contributed by atoms with Crippen LogP contribution in [-0.2, 0) is 6.04 Å². The standard InChI is InChI=1S/C12H23OSi3/c1-15(2,3)14(13)16(4,5)11-12-9-7-6-8-10-12/h6-10,13H,11H2,1-5H3. The second kappa shape index (κ2) is 5.00. The molecule has 89 valence electrons. The zero-order valence-corrected chi connectivity index (χ0v) is 14.0. The molecule has 0 atom stereocenters. The minimum absolute atomic E-state index is 1.10. The van der Waals surface area contributed by atoms with E-state index >= 15 is 0 Å². The predicted octanol–water partition coefficient (Wildman–Crippen LogP) is 2.96. The third-order valence-corrected chi connectivity index (χ3v) is 28.3. The smallest absolute Gasteiger partial charge is 0.178 e. The number of hydrogen-bond donors (Lipinski definition) is 1. The average Bonchev–Trinajstić information content (AvgIpc) is 2.16. The topological polar surface area (TPSA) is 20.2 Å². The van der Waals surface area contributed by atoms with E-state index in [1.54, 1.807) is 0 Å². The van der Waals surface area contributed by atoms with Crippen LogP contribution in [0, 0.1) is 0 Å². The van der Waals surface area contributed by atoms with Crippen molar-refractivity contribution < 1.29 is 4.80 Å². The molecule has 0 amide bonds. The molecule has 0 fully saturated rings. The fraction of sp³-hybridized carbons (Fsp3) is 0.500. The van der Waals surface area contributed by atoms with Crippen LogP contribution in [0.25, 0.3) is 0 Å². The molecule has 1 aromatic rings. The summed E-state index contributed by atoms with van der Waals surface area (Å²) >= 11 is 0. The van der Waals surface area contributed by atoms with E-state index in [2.05, 4.69) is 63.1 Å². The Morgan fingerprint density at radius 2 is 1.50 bits per heavy atom. The largest absolute Gasteiger partial charge is 0.438 e. The Morgan fingerprint density at radius 1 is 1.00 bits per heavy atom. The lowest BCUT2D eigenvalue weighted by Gasteiger charge is -2.34. The summed E-state index contributed by atoms with van der Waals surface area (Å²) in [7, 11) is -3.90. The van der Waals surface area contributed by atoms with Crippen molar-refractivity contribution in [1.82, 2.24) is 0 Å². The van der Waals surface area contributed by atoms with Crippen molar-refractivity contribution in [1.29, 1.82) is 0 Å². The Morgan fingerprint density at radius 3 is 1.94 bits per heavy atom. The van der Waals surface area contributed by atoms with Crippen LogP contribution in [0.15, 0.2) is 30.3 Å². The summed E-state index contributed by atoms with van der Waals surface area (Å²) in [4.78, 5) is 10.6. The van der Waals surface area contributed by atoms with E-state index in [-0.39, 0.29) is 0 Å². The molecule has 1 nitrogen and oxygen atoms in total. The molecule has 0 aliphatic heterocycles. The third kappa shape index (κ3) is 3.69. The van der Waals surface area contributed by atoms with Gasteiger partial charge in [-0.15, -0.1) is 0 Å². The molecule has 0 aliphatic rings. The molecule has 16 heavy (non-hydrogen) atoms. The fourth-order valence-corrected chi connectivity index (χ4v) is 31.9. The van der Waals surface area contributed by atoms with Gasteiger partial charge in [0, 0.05) is 0 Å². The summed E-state index contributed by atoms with van der Waals surface area (Å²) in [5, 5.41) is 0. The summed E-state index contributed by atoms with van der Waals surface area (Å²) in [5.41, 5.74) is 1.40. The van der Waals surface area contributed by atoms with E-state index in [0.717, 1.165) is 6.04 Å². The first kappa shape index (κ1) is 13.9. The van der Waals surface area contributed by atoms with Gasteiger partial charge in [0.05, 0.1) is 15.2 Å². The fourth-order valence-electron chi connectivity index (χ4n) is 2.21. The minimum Gasteiger partial charge on any atom is -0.438 e. The van der Waals surface area contributed by atoms with Gasteiger partial charge in [0.2, 0.25) is 0 Å². The lowest BCUT2D eigenvalue weighted by atomic mass is 10.2. The van der Waals surface area contributed by atoms with Crippen molar-refractivity contribution in [3.05, 3.63) is 35.9 Å². The minimum atomic E-state index is -1.46. The van der Waals surface area contributed by atoms with Gasteiger partial charge in [-0.05, 0) is 6.04 Å². The molecule has 0 aromatic heterocycles. The van der Waals surface area contributed by atoms with Crippen molar-refractivity contribution >= 4 is 23.3 Å². The van der Waals surface area contributed by atoms with Crippen LogP contribution in [0.1, 0.15) is 5.56 Å². The Balaban J connectivity index is 2.80. The highest BCUT2D eigenvalue weighted by Gasteiger charge is 2.42. The number of rotatable bonds is 4. The van der Waals surface area contributed by atoms with Gasteiger partial charge in [-0.1, -0.05) is 68.6 Å². The molecule has 0 saturated heterocycles. The van der Waals surface area contributed by atoms with Gasteiger partial charge >= 0.3 is 0 Å². The Hall–Kier alpha value is -0.169. The van der Waals surface area contributed by atoms with Gasteiger partial charge in [-0.3, -0.25) is 0 Å². The van der Waals surface area contributed by atoms with Crippen LogP contribution < -0.4 is 0 Å². The van der Waals surface area contributed by atoms with Crippen LogP contribution in [0.2, 0.25) is 32.7 Å². The summed E-state index contributed by atoms with van der Waals surface area (Å²) in [6, 6.07) is 11.8. The Kier molecular flexibility index (Phi) is 4.34. The monoisotopic (exact) mass is 267 g/mol. The molecule has 1 N–H and O–H groups in total. The second-order valence-electron chi connectivity index (χ2n) is 6.14. The van der Waals surface area contributed by atoms with Gasteiger partial charge in [-0.2, -0.15) is 0 Å². The Labute approximate surface area is 103 Å². The van der Waals surface area contributed by atoms with Crippen LogP contribution in [0.4, 0.5) is 0 Å². The summed E-state index contributed by atoms with van der Waals surface area (Å²) in [5.74, 6) is 0. The molecule has 0 unspecified atom stereocenters. The number of benzene rings is 1. The molecule has 0 saturated carbocycles. The molecule has 0 spiro atoms. The molecular weight excluding hydrogens is 244 g/mol. The molecule has 1 aromatic carbocycles. The average molecular weight is 268 g/mol. The van der Waals surface area contributed by atoms with E-state index in [9.17, 15) is 4.80 Å². The molecule has 1 rings (SSSR count). The van der Waals surface area contributed by atoms with Crippen LogP contribution in [0.3, 0.4) is 0 Å². The van der Waals surface area contributed by atoms with E-state index in [1.165, 1.54) is 5.56 Å². The first-order valence-electron chi connectivity index (χ1n) is 5.84. The highest BCUT2D eigenvalue weighted by atomic mass is 29.6. The van der Waals surface area contributed by atoms with Crippen LogP contribution in [0.5, 0.6) is 0 Å². The summed E-state index contributed by atoms with van der Waals surface area (Å²) in [6.45, 7) is 11.6. The van der Waals surface area contributed by atoms with Crippen molar-refractivity contribution in [2.75, 3.05) is 0 Å². The summed E-state index contributed by atoms with van der Waals surface area (Å²) < 4.78 is 0. The van der Waals surface area contributed by atoms with E-state index < -0.39 is 23.3 Å². The van der Waals surface area contributed by atoms with Gasteiger partial charge in [0.1, 0.15) is 0 Å². The Bertz CT molecular complexity index is 330. The molecule has 1 radical (unpaired) electrons. The van der Waals surface area contributed by atoms with Crippen molar-refractivity contribution in [3.63, 3.8) is 0 Å². The highest BCUT2D eigenvalue weighted by Crippen LogP contribution is 2.19. The quantitative estimate of drug-likeness (QED) is 0.832. The predicted molar refractivity (Wildman–Crippen MR) is 78.9 cm³/mol. The zero-order chi connectivity index (χ0) is 12.4. The van der Waals surface area contributed by atoms with Crippen LogP contribution >= 0.6 is 0 Å². The van der Waals surface area contributed by atoms with Crippen LogP contribution in [-0.4, -0.2) is 28.1 Å². The lowest BCUT2D eigenvalue weighted by Crippen LogP contribution is -2.61.